The molecule has 0 bridgehead atoms. The molecule has 0 aliphatic heterocycles. The predicted molar refractivity (Wildman–Crippen MR) is 57.9 cm³/mol. The van der Waals surface area contributed by atoms with Crippen molar-refractivity contribution in [2.24, 2.45) is 0 Å². The summed E-state index contributed by atoms with van der Waals surface area (Å²) in [5.74, 6) is 0. The van der Waals surface area contributed by atoms with Crippen molar-refractivity contribution in [2.45, 2.75) is 12.8 Å². The lowest BCUT2D eigenvalue weighted by Gasteiger charge is -2.06. The van der Waals surface area contributed by atoms with Crippen molar-refractivity contribution in [3.05, 3.63) is 31.1 Å². The van der Waals surface area contributed by atoms with E-state index < -0.39 is 22.7 Å². The topological polar surface area (TPSA) is 79.8 Å². The minimum atomic E-state index is -2.81. The zero-order chi connectivity index (χ0) is 12.3. The van der Waals surface area contributed by atoms with Gasteiger partial charge in [-0.2, -0.15) is 5.26 Å². The molecular formula is C8H4F2IN3O2. The molecule has 8 heteroatoms. The fourth-order valence-electron chi connectivity index (χ4n) is 1.09. The van der Waals surface area contributed by atoms with Crippen molar-refractivity contribution in [1.82, 2.24) is 4.98 Å². The van der Waals surface area contributed by atoms with Crippen LogP contribution >= 0.6 is 22.6 Å². The van der Waals surface area contributed by atoms with E-state index in [0.717, 1.165) is 6.20 Å². The predicted octanol–water partition coefficient (Wildman–Crippen LogP) is 2.60. The van der Waals surface area contributed by atoms with Crippen LogP contribution in [0.15, 0.2) is 6.20 Å². The first kappa shape index (κ1) is 12.7. The molecule has 84 valence electrons. The van der Waals surface area contributed by atoms with Crippen molar-refractivity contribution in [2.75, 3.05) is 0 Å². The Labute approximate surface area is 102 Å². The van der Waals surface area contributed by atoms with Gasteiger partial charge < -0.3 is 0 Å². The molecule has 1 rings (SSSR count). The third kappa shape index (κ3) is 2.41. The third-order valence-electron chi connectivity index (χ3n) is 1.78. The van der Waals surface area contributed by atoms with E-state index in [2.05, 4.69) is 4.98 Å². The van der Waals surface area contributed by atoms with Crippen molar-refractivity contribution in [1.29, 1.82) is 5.26 Å². The average Bonchev–Trinajstić information content (AvgIpc) is 2.20. The highest BCUT2D eigenvalue weighted by atomic mass is 127. The van der Waals surface area contributed by atoms with Crippen LogP contribution < -0.4 is 0 Å². The molecule has 0 saturated carbocycles. The summed E-state index contributed by atoms with van der Waals surface area (Å²) in [6, 6.07) is 1.70. The van der Waals surface area contributed by atoms with Gasteiger partial charge in [0.25, 0.3) is 12.1 Å². The third-order valence-corrected chi connectivity index (χ3v) is 2.99. The first-order valence-electron chi connectivity index (χ1n) is 3.95. The summed E-state index contributed by atoms with van der Waals surface area (Å²) in [6.07, 6.45) is -2.35. The summed E-state index contributed by atoms with van der Waals surface area (Å²) in [7, 11) is 0. The molecule has 16 heavy (non-hydrogen) atoms. The molecule has 1 heterocycles. The van der Waals surface area contributed by atoms with Crippen LogP contribution in [0.4, 0.5) is 14.5 Å². The van der Waals surface area contributed by atoms with Gasteiger partial charge in [-0.3, -0.25) is 10.1 Å². The summed E-state index contributed by atoms with van der Waals surface area (Å²) >= 11 is 1.54. The molecule has 0 radical (unpaired) electrons. The number of nitro groups is 1. The van der Waals surface area contributed by atoms with E-state index >= 15 is 0 Å². The Hall–Kier alpha value is -1.37. The fourth-order valence-corrected chi connectivity index (χ4v) is 1.93. The molecule has 0 saturated heterocycles. The molecule has 0 N–H and O–H groups in total. The molecule has 0 aliphatic rings. The Balaban J connectivity index is 3.42. The number of alkyl halides is 2. The maximum absolute atomic E-state index is 12.5. The number of rotatable bonds is 3. The van der Waals surface area contributed by atoms with Gasteiger partial charge >= 0.3 is 0 Å². The normalized spacial score (nSPS) is 10.2. The summed E-state index contributed by atoms with van der Waals surface area (Å²) < 4.78 is 24.9. The van der Waals surface area contributed by atoms with E-state index in [1.807, 2.05) is 0 Å². The molecule has 0 spiro atoms. The van der Waals surface area contributed by atoms with Gasteiger partial charge in [0.2, 0.25) is 0 Å². The van der Waals surface area contributed by atoms with E-state index in [-0.39, 0.29) is 15.6 Å². The van der Waals surface area contributed by atoms with Crippen molar-refractivity contribution >= 4 is 28.3 Å². The number of nitrogens with zero attached hydrogens (tertiary/aromatic N) is 3. The number of aromatic nitrogens is 1. The van der Waals surface area contributed by atoms with Crippen LogP contribution in [0.25, 0.3) is 0 Å². The quantitative estimate of drug-likeness (QED) is 0.482. The van der Waals surface area contributed by atoms with Crippen LogP contribution in [0.1, 0.15) is 17.7 Å². The van der Waals surface area contributed by atoms with Crippen LogP contribution in [0.5, 0.6) is 0 Å². The van der Waals surface area contributed by atoms with Gasteiger partial charge in [0.1, 0.15) is 11.9 Å². The minimum Gasteiger partial charge on any atom is -0.258 e. The highest BCUT2D eigenvalue weighted by Crippen LogP contribution is 2.30. The van der Waals surface area contributed by atoms with E-state index in [9.17, 15) is 18.9 Å². The number of pyridine rings is 1. The standard InChI is InChI=1S/C8H4F2IN3O2/c9-8(10)7-6(11)4(1-2-12)5(3-13-7)14(15)16/h3,8H,1H2. The van der Waals surface area contributed by atoms with Gasteiger partial charge in [-0.05, 0) is 22.6 Å². The summed E-state index contributed by atoms with van der Waals surface area (Å²) in [5.41, 5.74) is -0.954. The molecule has 0 aromatic carbocycles. The highest BCUT2D eigenvalue weighted by molar-refractivity contribution is 14.1. The Morgan fingerprint density at radius 2 is 2.31 bits per heavy atom. The highest BCUT2D eigenvalue weighted by Gasteiger charge is 2.24. The van der Waals surface area contributed by atoms with Crippen molar-refractivity contribution < 1.29 is 13.7 Å². The summed E-state index contributed by atoms with van der Waals surface area (Å²) in [5, 5.41) is 19.1. The second kappa shape index (κ2) is 5.11. The second-order valence-corrected chi connectivity index (χ2v) is 3.79. The molecule has 1 aromatic rings. The van der Waals surface area contributed by atoms with Gasteiger partial charge in [0.15, 0.2) is 0 Å². The van der Waals surface area contributed by atoms with Crippen LogP contribution in [-0.4, -0.2) is 9.91 Å². The second-order valence-electron chi connectivity index (χ2n) is 2.71. The Kier molecular flexibility index (Phi) is 4.05. The lowest BCUT2D eigenvalue weighted by molar-refractivity contribution is -0.385. The molecule has 0 unspecified atom stereocenters. The number of nitriles is 1. The molecule has 0 aliphatic carbocycles. The maximum atomic E-state index is 12.5. The minimum absolute atomic E-state index is 0.0154. The SMILES string of the molecule is N#CCc1c([N+](=O)[O-])cnc(C(F)F)c1I. The van der Waals surface area contributed by atoms with Gasteiger partial charge in [0, 0.05) is 0 Å². The fraction of sp³-hybridized carbons (Fsp3) is 0.250. The molecule has 0 fully saturated rings. The first-order chi connectivity index (χ1) is 7.49. The monoisotopic (exact) mass is 339 g/mol. The molecule has 0 amide bonds. The lowest BCUT2D eigenvalue weighted by atomic mass is 10.1. The molecular weight excluding hydrogens is 335 g/mol. The zero-order valence-electron chi connectivity index (χ0n) is 7.65. The van der Waals surface area contributed by atoms with Crippen LogP contribution in [0, 0.1) is 25.0 Å². The Bertz CT molecular complexity index is 473. The van der Waals surface area contributed by atoms with Gasteiger partial charge in [-0.25, -0.2) is 13.8 Å². The van der Waals surface area contributed by atoms with E-state index in [0.29, 0.717) is 0 Å². The average molecular weight is 339 g/mol. The van der Waals surface area contributed by atoms with Crippen LogP contribution in [-0.2, 0) is 6.42 Å². The Morgan fingerprint density at radius 3 is 2.75 bits per heavy atom. The molecule has 0 atom stereocenters. The Morgan fingerprint density at radius 1 is 1.69 bits per heavy atom. The van der Waals surface area contributed by atoms with Crippen molar-refractivity contribution in [3.8, 4) is 6.07 Å². The van der Waals surface area contributed by atoms with Gasteiger partial charge in [0.05, 0.1) is 26.5 Å². The smallest absolute Gasteiger partial charge is 0.258 e. The summed E-state index contributed by atoms with van der Waals surface area (Å²) in [6.45, 7) is 0. The lowest BCUT2D eigenvalue weighted by Crippen LogP contribution is -2.04. The van der Waals surface area contributed by atoms with Crippen molar-refractivity contribution in [3.63, 3.8) is 0 Å². The van der Waals surface area contributed by atoms with E-state index in [4.69, 9.17) is 5.26 Å². The summed E-state index contributed by atoms with van der Waals surface area (Å²) in [4.78, 5) is 13.2. The largest absolute Gasteiger partial charge is 0.292 e. The van der Waals surface area contributed by atoms with E-state index in [1.54, 1.807) is 28.7 Å². The van der Waals surface area contributed by atoms with Crippen LogP contribution in [0.2, 0.25) is 0 Å². The van der Waals surface area contributed by atoms with Gasteiger partial charge in [-0.1, -0.05) is 0 Å². The van der Waals surface area contributed by atoms with Crippen LogP contribution in [0.3, 0.4) is 0 Å². The zero-order valence-corrected chi connectivity index (χ0v) is 9.81. The van der Waals surface area contributed by atoms with Gasteiger partial charge in [-0.15, -0.1) is 0 Å². The number of hydrogen-bond acceptors (Lipinski definition) is 4. The molecule has 1 aromatic heterocycles. The first-order valence-corrected chi connectivity index (χ1v) is 5.03. The maximum Gasteiger partial charge on any atom is 0.292 e. The molecule has 5 nitrogen and oxygen atoms in total. The van der Waals surface area contributed by atoms with E-state index in [1.165, 1.54) is 0 Å². The number of halogens is 3. The number of hydrogen-bond donors (Lipinski definition) is 0.